The van der Waals surface area contributed by atoms with Crippen LogP contribution in [0.15, 0.2) is 12.1 Å². The summed E-state index contributed by atoms with van der Waals surface area (Å²) in [6.45, 7) is 5.17. The summed E-state index contributed by atoms with van der Waals surface area (Å²) >= 11 is 0. The minimum atomic E-state index is -1.16. The first-order valence-electron chi connectivity index (χ1n) is 7.04. The van der Waals surface area contributed by atoms with Crippen LogP contribution >= 0.6 is 0 Å². The predicted octanol–water partition coefficient (Wildman–Crippen LogP) is 3.22. The summed E-state index contributed by atoms with van der Waals surface area (Å²) in [6.07, 6.45) is 2.12. The van der Waals surface area contributed by atoms with Crippen molar-refractivity contribution in [3.05, 3.63) is 35.1 Å². The molecule has 0 spiro atoms. The molecule has 5 heteroatoms. The molecule has 0 radical (unpaired) electrons. The van der Waals surface area contributed by atoms with Gasteiger partial charge in [0, 0.05) is 30.8 Å². The van der Waals surface area contributed by atoms with Crippen molar-refractivity contribution < 1.29 is 13.2 Å². The van der Waals surface area contributed by atoms with Crippen molar-refractivity contribution in [2.24, 2.45) is 11.7 Å². The van der Waals surface area contributed by atoms with Crippen LogP contribution in [0, 0.1) is 23.4 Å². The Bertz CT molecular complexity index is 478. The van der Waals surface area contributed by atoms with Crippen molar-refractivity contribution in [1.82, 2.24) is 4.90 Å². The monoisotopic (exact) mass is 286 g/mol. The molecule has 0 bridgehead atoms. The standard InChI is InChI=1S/C15H21F3N2/c1-9-3-4-10(2)20(8-9)15(7-19)11-5-13(17)14(18)6-12(11)16/h5-6,9-10,15H,3-4,7-8,19H2,1-2H3. The fourth-order valence-corrected chi connectivity index (χ4v) is 2.99. The highest BCUT2D eigenvalue weighted by molar-refractivity contribution is 5.24. The largest absolute Gasteiger partial charge is 0.329 e. The second-order valence-corrected chi connectivity index (χ2v) is 5.77. The number of piperidine rings is 1. The Kier molecular flexibility index (Phi) is 4.70. The van der Waals surface area contributed by atoms with Crippen molar-refractivity contribution in [3.8, 4) is 0 Å². The molecule has 112 valence electrons. The maximum Gasteiger partial charge on any atom is 0.161 e. The van der Waals surface area contributed by atoms with Gasteiger partial charge in [-0.2, -0.15) is 0 Å². The number of likely N-dealkylation sites (tertiary alicyclic amines) is 1. The molecule has 1 aromatic carbocycles. The molecule has 1 aliphatic rings. The molecule has 1 aliphatic heterocycles. The fraction of sp³-hybridized carbons (Fsp3) is 0.600. The van der Waals surface area contributed by atoms with Crippen molar-refractivity contribution in [1.29, 1.82) is 0 Å². The van der Waals surface area contributed by atoms with Crippen LogP contribution < -0.4 is 5.73 Å². The number of nitrogens with two attached hydrogens (primary N) is 1. The lowest BCUT2D eigenvalue weighted by Crippen LogP contribution is -2.46. The van der Waals surface area contributed by atoms with Gasteiger partial charge in [-0.3, -0.25) is 4.90 Å². The number of hydrogen-bond donors (Lipinski definition) is 1. The normalized spacial score (nSPS) is 25.7. The van der Waals surface area contributed by atoms with E-state index in [0.29, 0.717) is 12.0 Å². The first kappa shape index (κ1) is 15.3. The summed E-state index contributed by atoms with van der Waals surface area (Å²) in [5.41, 5.74) is 5.92. The highest BCUT2D eigenvalue weighted by Gasteiger charge is 2.31. The molecule has 3 atom stereocenters. The van der Waals surface area contributed by atoms with Crippen molar-refractivity contribution in [3.63, 3.8) is 0 Å². The summed E-state index contributed by atoms with van der Waals surface area (Å²) in [5, 5.41) is 0. The third-order valence-corrected chi connectivity index (χ3v) is 4.19. The first-order valence-corrected chi connectivity index (χ1v) is 7.04. The zero-order valence-corrected chi connectivity index (χ0v) is 11.9. The Labute approximate surface area is 117 Å². The molecule has 0 aromatic heterocycles. The number of rotatable bonds is 3. The Morgan fingerprint density at radius 3 is 2.45 bits per heavy atom. The van der Waals surface area contributed by atoms with E-state index in [2.05, 4.69) is 18.7 Å². The van der Waals surface area contributed by atoms with Crippen molar-refractivity contribution in [2.75, 3.05) is 13.1 Å². The molecule has 1 fully saturated rings. The van der Waals surface area contributed by atoms with E-state index < -0.39 is 23.5 Å². The molecular formula is C15H21F3N2. The SMILES string of the molecule is CC1CCC(C)N(C(CN)c2cc(F)c(F)cc2F)C1. The van der Waals surface area contributed by atoms with E-state index in [1.165, 1.54) is 0 Å². The molecule has 2 nitrogen and oxygen atoms in total. The molecule has 3 unspecified atom stereocenters. The van der Waals surface area contributed by atoms with Gasteiger partial charge in [-0.05, 0) is 31.7 Å². The van der Waals surface area contributed by atoms with Gasteiger partial charge in [-0.1, -0.05) is 6.92 Å². The Balaban J connectivity index is 2.34. The third kappa shape index (κ3) is 2.99. The Morgan fingerprint density at radius 2 is 1.80 bits per heavy atom. The number of hydrogen-bond acceptors (Lipinski definition) is 2. The molecule has 0 saturated carbocycles. The number of halogens is 3. The van der Waals surface area contributed by atoms with Gasteiger partial charge in [-0.15, -0.1) is 0 Å². The fourth-order valence-electron chi connectivity index (χ4n) is 2.99. The molecule has 1 aromatic rings. The Hall–Kier alpha value is -1.07. The zero-order chi connectivity index (χ0) is 14.9. The average Bonchev–Trinajstić information content (AvgIpc) is 2.40. The van der Waals surface area contributed by atoms with E-state index in [9.17, 15) is 13.2 Å². The van der Waals surface area contributed by atoms with Crippen molar-refractivity contribution >= 4 is 0 Å². The summed E-state index contributed by atoms with van der Waals surface area (Å²) in [7, 11) is 0. The van der Waals surface area contributed by atoms with Gasteiger partial charge in [-0.25, -0.2) is 13.2 Å². The van der Waals surface area contributed by atoms with Gasteiger partial charge < -0.3 is 5.73 Å². The summed E-state index contributed by atoms with van der Waals surface area (Å²) in [5.74, 6) is -2.43. The zero-order valence-electron chi connectivity index (χ0n) is 11.9. The van der Waals surface area contributed by atoms with Gasteiger partial charge in [0.2, 0.25) is 0 Å². The minimum Gasteiger partial charge on any atom is -0.329 e. The number of benzene rings is 1. The summed E-state index contributed by atoms with van der Waals surface area (Å²) in [4.78, 5) is 2.10. The smallest absolute Gasteiger partial charge is 0.161 e. The molecule has 0 amide bonds. The van der Waals surface area contributed by atoms with E-state index in [0.717, 1.165) is 25.5 Å². The second kappa shape index (κ2) is 6.14. The minimum absolute atomic E-state index is 0.146. The van der Waals surface area contributed by atoms with Gasteiger partial charge in [0.05, 0.1) is 6.04 Å². The van der Waals surface area contributed by atoms with E-state index in [1.807, 2.05) is 0 Å². The van der Waals surface area contributed by atoms with Crippen LogP contribution in [0.4, 0.5) is 13.2 Å². The van der Waals surface area contributed by atoms with Crippen LogP contribution in [-0.2, 0) is 0 Å². The first-order chi connectivity index (χ1) is 9.43. The maximum absolute atomic E-state index is 14.0. The van der Waals surface area contributed by atoms with Crippen LogP contribution in [0.2, 0.25) is 0 Å². The van der Waals surface area contributed by atoms with Crippen LogP contribution in [0.1, 0.15) is 38.3 Å². The molecule has 1 heterocycles. The highest BCUT2D eigenvalue weighted by Crippen LogP contribution is 2.32. The van der Waals surface area contributed by atoms with Crippen molar-refractivity contribution in [2.45, 2.75) is 38.8 Å². The lowest BCUT2D eigenvalue weighted by Gasteiger charge is -2.42. The molecule has 2 N–H and O–H groups in total. The molecular weight excluding hydrogens is 265 g/mol. The molecule has 20 heavy (non-hydrogen) atoms. The van der Waals surface area contributed by atoms with Gasteiger partial charge in [0.1, 0.15) is 5.82 Å². The van der Waals surface area contributed by atoms with Gasteiger partial charge in [0.25, 0.3) is 0 Å². The lowest BCUT2D eigenvalue weighted by atomic mass is 9.91. The van der Waals surface area contributed by atoms with Gasteiger partial charge in [0.15, 0.2) is 11.6 Å². The van der Waals surface area contributed by atoms with Gasteiger partial charge >= 0.3 is 0 Å². The summed E-state index contributed by atoms with van der Waals surface area (Å²) < 4.78 is 40.4. The topological polar surface area (TPSA) is 29.3 Å². The van der Waals surface area contributed by atoms with Crippen LogP contribution in [0.25, 0.3) is 0 Å². The maximum atomic E-state index is 14.0. The van der Waals surface area contributed by atoms with E-state index in [-0.39, 0.29) is 18.2 Å². The Morgan fingerprint density at radius 1 is 1.15 bits per heavy atom. The van der Waals surface area contributed by atoms with Crippen LogP contribution in [-0.4, -0.2) is 24.0 Å². The van der Waals surface area contributed by atoms with Crippen LogP contribution in [0.3, 0.4) is 0 Å². The van der Waals surface area contributed by atoms with E-state index in [1.54, 1.807) is 0 Å². The highest BCUT2D eigenvalue weighted by atomic mass is 19.2. The van der Waals surface area contributed by atoms with E-state index in [4.69, 9.17) is 5.73 Å². The number of nitrogens with zero attached hydrogens (tertiary/aromatic N) is 1. The molecule has 2 rings (SSSR count). The quantitative estimate of drug-likeness (QED) is 0.864. The lowest BCUT2D eigenvalue weighted by molar-refractivity contribution is 0.0779. The predicted molar refractivity (Wildman–Crippen MR) is 72.7 cm³/mol. The average molecular weight is 286 g/mol. The molecule has 1 saturated heterocycles. The molecule has 0 aliphatic carbocycles. The summed E-state index contributed by atoms with van der Waals surface area (Å²) in [6, 6.07) is 1.38. The third-order valence-electron chi connectivity index (χ3n) is 4.19. The second-order valence-electron chi connectivity index (χ2n) is 5.77. The van der Waals surface area contributed by atoms with Crippen LogP contribution in [0.5, 0.6) is 0 Å². The van der Waals surface area contributed by atoms with E-state index >= 15 is 0 Å².